The molecule has 2 heterocycles. The van der Waals surface area contributed by atoms with Crippen molar-refractivity contribution >= 4 is 28.8 Å². The van der Waals surface area contributed by atoms with Gasteiger partial charge < -0.3 is 25.0 Å². The van der Waals surface area contributed by atoms with Gasteiger partial charge in [0.25, 0.3) is 0 Å². The number of ether oxygens (including phenoxy) is 2. The van der Waals surface area contributed by atoms with Gasteiger partial charge in [0, 0.05) is 37.2 Å². The first-order chi connectivity index (χ1) is 12.7. The third-order valence-electron chi connectivity index (χ3n) is 3.84. The first-order valence-electron chi connectivity index (χ1n) is 8.08. The molecule has 0 saturated carbocycles. The SMILES string of the molecule is CN(C)c1ccc(Nc2nncc(Nc3ccc4c(c3)OCO4)n2)cc1. The monoisotopic (exact) mass is 350 g/mol. The molecule has 0 amide bonds. The first-order valence-corrected chi connectivity index (χ1v) is 8.08. The number of hydrogen-bond acceptors (Lipinski definition) is 8. The van der Waals surface area contributed by atoms with Crippen LogP contribution < -0.4 is 25.0 Å². The number of benzene rings is 2. The smallest absolute Gasteiger partial charge is 0.249 e. The maximum absolute atomic E-state index is 5.38. The second-order valence-corrected chi connectivity index (χ2v) is 5.92. The van der Waals surface area contributed by atoms with Crippen LogP contribution in [-0.2, 0) is 0 Å². The summed E-state index contributed by atoms with van der Waals surface area (Å²) >= 11 is 0. The Labute approximate surface area is 150 Å². The van der Waals surface area contributed by atoms with Gasteiger partial charge in [0.1, 0.15) is 0 Å². The summed E-state index contributed by atoms with van der Waals surface area (Å²) in [5.41, 5.74) is 2.83. The maximum Gasteiger partial charge on any atom is 0.249 e. The van der Waals surface area contributed by atoms with Crippen molar-refractivity contribution < 1.29 is 9.47 Å². The van der Waals surface area contributed by atoms with E-state index in [0.29, 0.717) is 17.5 Å². The summed E-state index contributed by atoms with van der Waals surface area (Å²) in [6, 6.07) is 13.6. The van der Waals surface area contributed by atoms with Crippen LogP contribution in [0, 0.1) is 0 Å². The number of rotatable bonds is 5. The van der Waals surface area contributed by atoms with Crippen molar-refractivity contribution in [1.29, 1.82) is 0 Å². The van der Waals surface area contributed by atoms with Gasteiger partial charge in [-0.1, -0.05) is 0 Å². The molecule has 0 atom stereocenters. The van der Waals surface area contributed by atoms with Gasteiger partial charge in [0.2, 0.25) is 12.7 Å². The highest BCUT2D eigenvalue weighted by atomic mass is 16.7. The zero-order chi connectivity index (χ0) is 17.9. The lowest BCUT2D eigenvalue weighted by molar-refractivity contribution is 0.174. The molecule has 4 rings (SSSR count). The molecule has 0 saturated heterocycles. The van der Waals surface area contributed by atoms with Gasteiger partial charge in [-0.15, -0.1) is 5.10 Å². The first kappa shape index (κ1) is 15.9. The maximum atomic E-state index is 5.38. The average Bonchev–Trinajstić information content (AvgIpc) is 3.10. The summed E-state index contributed by atoms with van der Waals surface area (Å²) in [5.74, 6) is 2.43. The predicted octanol–water partition coefficient (Wildman–Crippen LogP) is 3.15. The molecule has 1 aliphatic rings. The van der Waals surface area contributed by atoms with Crippen molar-refractivity contribution in [3.8, 4) is 11.5 Å². The fourth-order valence-corrected chi connectivity index (χ4v) is 2.51. The number of fused-ring (bicyclic) bond motifs is 1. The average molecular weight is 350 g/mol. The molecule has 0 fully saturated rings. The van der Waals surface area contributed by atoms with E-state index in [1.54, 1.807) is 6.20 Å². The van der Waals surface area contributed by atoms with E-state index >= 15 is 0 Å². The van der Waals surface area contributed by atoms with Crippen LogP contribution in [0.2, 0.25) is 0 Å². The molecule has 2 aromatic carbocycles. The van der Waals surface area contributed by atoms with Crippen LogP contribution in [0.25, 0.3) is 0 Å². The molecule has 0 bridgehead atoms. The van der Waals surface area contributed by atoms with E-state index < -0.39 is 0 Å². The fraction of sp³-hybridized carbons (Fsp3) is 0.167. The molecule has 3 aromatic rings. The Morgan fingerprint density at radius 2 is 1.69 bits per heavy atom. The molecule has 1 aromatic heterocycles. The molecular formula is C18H18N6O2. The molecule has 26 heavy (non-hydrogen) atoms. The van der Waals surface area contributed by atoms with Crippen LogP contribution in [0.15, 0.2) is 48.7 Å². The Hall–Kier alpha value is -3.55. The fourth-order valence-electron chi connectivity index (χ4n) is 2.51. The van der Waals surface area contributed by atoms with Crippen molar-refractivity contribution in [3.63, 3.8) is 0 Å². The molecule has 0 radical (unpaired) electrons. The van der Waals surface area contributed by atoms with Crippen LogP contribution >= 0.6 is 0 Å². The number of aromatic nitrogens is 3. The van der Waals surface area contributed by atoms with Crippen LogP contribution in [0.1, 0.15) is 0 Å². The number of nitrogens with one attached hydrogen (secondary N) is 2. The van der Waals surface area contributed by atoms with E-state index in [1.807, 2.05) is 61.5 Å². The molecule has 132 valence electrons. The van der Waals surface area contributed by atoms with Crippen LogP contribution in [0.3, 0.4) is 0 Å². The minimum atomic E-state index is 0.245. The number of anilines is 5. The van der Waals surface area contributed by atoms with Gasteiger partial charge in [-0.05, 0) is 36.4 Å². The highest BCUT2D eigenvalue weighted by Crippen LogP contribution is 2.34. The second-order valence-electron chi connectivity index (χ2n) is 5.92. The minimum Gasteiger partial charge on any atom is -0.454 e. The summed E-state index contributed by atoms with van der Waals surface area (Å²) in [7, 11) is 4.00. The number of hydrogen-bond donors (Lipinski definition) is 2. The van der Waals surface area contributed by atoms with Crippen LogP contribution in [0.5, 0.6) is 11.5 Å². The summed E-state index contributed by atoms with van der Waals surface area (Å²) in [6.45, 7) is 0.245. The van der Waals surface area contributed by atoms with Crippen LogP contribution in [-0.4, -0.2) is 36.1 Å². The van der Waals surface area contributed by atoms with Gasteiger partial charge in [-0.2, -0.15) is 10.1 Å². The van der Waals surface area contributed by atoms with E-state index in [9.17, 15) is 0 Å². The lowest BCUT2D eigenvalue weighted by atomic mass is 10.2. The largest absolute Gasteiger partial charge is 0.454 e. The number of nitrogens with zero attached hydrogens (tertiary/aromatic N) is 4. The van der Waals surface area contributed by atoms with E-state index in [-0.39, 0.29) is 6.79 Å². The van der Waals surface area contributed by atoms with Crippen molar-refractivity contribution in [3.05, 3.63) is 48.7 Å². The van der Waals surface area contributed by atoms with E-state index in [4.69, 9.17) is 9.47 Å². The molecule has 0 aliphatic carbocycles. The van der Waals surface area contributed by atoms with Gasteiger partial charge in [0.15, 0.2) is 17.3 Å². The van der Waals surface area contributed by atoms with E-state index in [0.717, 1.165) is 22.8 Å². The van der Waals surface area contributed by atoms with Gasteiger partial charge in [-0.25, -0.2) is 0 Å². The Morgan fingerprint density at radius 3 is 2.50 bits per heavy atom. The zero-order valence-electron chi connectivity index (χ0n) is 14.4. The lowest BCUT2D eigenvalue weighted by Crippen LogP contribution is -2.08. The topological polar surface area (TPSA) is 84.4 Å². The zero-order valence-corrected chi connectivity index (χ0v) is 14.4. The van der Waals surface area contributed by atoms with Gasteiger partial charge >= 0.3 is 0 Å². The molecule has 0 spiro atoms. The Kier molecular flexibility index (Phi) is 4.14. The summed E-state index contributed by atoms with van der Waals surface area (Å²) in [6.07, 6.45) is 1.56. The Balaban J connectivity index is 1.48. The van der Waals surface area contributed by atoms with Crippen molar-refractivity contribution in [1.82, 2.24) is 15.2 Å². The standard InChI is InChI=1S/C18H18N6O2/c1-24(2)14-6-3-12(4-7-14)21-18-22-17(10-19-23-18)20-13-5-8-15-16(9-13)26-11-25-15/h3-10H,11H2,1-2H3,(H2,20,21,22,23). The quantitative estimate of drug-likeness (QED) is 0.726. The minimum absolute atomic E-state index is 0.245. The highest BCUT2D eigenvalue weighted by Gasteiger charge is 2.13. The van der Waals surface area contributed by atoms with Gasteiger partial charge in [0.05, 0.1) is 6.20 Å². The van der Waals surface area contributed by atoms with Gasteiger partial charge in [-0.3, -0.25) is 0 Å². The van der Waals surface area contributed by atoms with Crippen molar-refractivity contribution in [2.24, 2.45) is 0 Å². The highest BCUT2D eigenvalue weighted by molar-refractivity contribution is 5.63. The molecule has 1 aliphatic heterocycles. The summed E-state index contributed by atoms with van der Waals surface area (Å²) in [5, 5.41) is 14.4. The summed E-state index contributed by atoms with van der Waals surface area (Å²) < 4.78 is 10.7. The Morgan fingerprint density at radius 1 is 0.923 bits per heavy atom. The van der Waals surface area contributed by atoms with Crippen LogP contribution in [0.4, 0.5) is 28.8 Å². The third kappa shape index (κ3) is 3.44. The molecule has 2 N–H and O–H groups in total. The molecule has 0 unspecified atom stereocenters. The summed E-state index contributed by atoms with van der Waals surface area (Å²) in [4.78, 5) is 6.48. The molecule has 8 nitrogen and oxygen atoms in total. The van der Waals surface area contributed by atoms with E-state index in [1.165, 1.54) is 0 Å². The Bertz CT molecular complexity index is 914. The predicted molar refractivity (Wildman–Crippen MR) is 99.7 cm³/mol. The molecular weight excluding hydrogens is 332 g/mol. The van der Waals surface area contributed by atoms with Crippen molar-refractivity contribution in [2.75, 3.05) is 36.4 Å². The van der Waals surface area contributed by atoms with E-state index in [2.05, 4.69) is 25.8 Å². The molecule has 8 heteroatoms. The third-order valence-corrected chi connectivity index (χ3v) is 3.84. The second kappa shape index (κ2) is 6.75. The normalized spacial score (nSPS) is 11.9. The lowest BCUT2D eigenvalue weighted by Gasteiger charge is -2.13. The van der Waals surface area contributed by atoms with Crippen molar-refractivity contribution in [2.45, 2.75) is 0 Å².